The maximum Gasteiger partial charge on any atom is 0.134 e. The molecular formula is C17H22N2O. The smallest absolute Gasteiger partial charge is 0.134 e. The molecule has 2 aromatic rings. The number of nitrogens with one attached hydrogen (secondary N) is 1. The predicted molar refractivity (Wildman–Crippen MR) is 82.2 cm³/mol. The van der Waals surface area contributed by atoms with Gasteiger partial charge < -0.3 is 10.1 Å². The van der Waals surface area contributed by atoms with Crippen molar-refractivity contribution in [3.8, 4) is 11.5 Å². The number of hydrogen-bond donors (Lipinski definition) is 1. The summed E-state index contributed by atoms with van der Waals surface area (Å²) < 4.78 is 6.02. The predicted octanol–water partition coefficient (Wildman–Crippen LogP) is 3.99. The van der Waals surface area contributed by atoms with Crippen LogP contribution in [0, 0.1) is 13.8 Å². The molecule has 1 aromatic heterocycles. The van der Waals surface area contributed by atoms with Crippen LogP contribution in [0.1, 0.15) is 30.5 Å². The number of aryl methyl sites for hydroxylation is 2. The molecule has 0 fully saturated rings. The molecule has 3 nitrogen and oxygen atoms in total. The highest BCUT2D eigenvalue weighted by molar-refractivity contribution is 5.39. The zero-order chi connectivity index (χ0) is 14.5. The van der Waals surface area contributed by atoms with E-state index in [1.807, 2.05) is 24.4 Å². The van der Waals surface area contributed by atoms with Crippen molar-refractivity contribution in [3.63, 3.8) is 0 Å². The Morgan fingerprint density at radius 2 is 1.85 bits per heavy atom. The quantitative estimate of drug-likeness (QED) is 0.892. The highest BCUT2D eigenvalue weighted by Crippen LogP contribution is 2.26. The van der Waals surface area contributed by atoms with Gasteiger partial charge in [0.1, 0.15) is 11.5 Å². The van der Waals surface area contributed by atoms with E-state index in [2.05, 4.69) is 44.1 Å². The van der Waals surface area contributed by atoms with Gasteiger partial charge in [-0.25, -0.2) is 0 Å². The molecule has 0 amide bonds. The number of pyridine rings is 1. The van der Waals surface area contributed by atoms with Gasteiger partial charge in [-0.15, -0.1) is 0 Å². The van der Waals surface area contributed by atoms with Gasteiger partial charge in [0.25, 0.3) is 0 Å². The molecule has 0 atom stereocenters. The Kier molecular flexibility index (Phi) is 4.74. The molecule has 0 bridgehead atoms. The Morgan fingerprint density at radius 3 is 2.50 bits per heavy atom. The van der Waals surface area contributed by atoms with Gasteiger partial charge in [0.15, 0.2) is 0 Å². The second-order valence-electron chi connectivity index (χ2n) is 5.44. The highest BCUT2D eigenvalue weighted by atomic mass is 16.5. The van der Waals surface area contributed by atoms with Gasteiger partial charge in [-0.3, -0.25) is 4.98 Å². The van der Waals surface area contributed by atoms with Crippen LogP contribution in [-0.2, 0) is 6.54 Å². The molecule has 2 rings (SSSR count). The Hall–Kier alpha value is -1.87. The van der Waals surface area contributed by atoms with Gasteiger partial charge in [-0.05, 0) is 43.2 Å². The first-order valence-corrected chi connectivity index (χ1v) is 6.97. The number of nitrogens with zero attached hydrogens (tertiary/aromatic N) is 1. The van der Waals surface area contributed by atoms with Crippen molar-refractivity contribution in [1.29, 1.82) is 0 Å². The van der Waals surface area contributed by atoms with Crippen LogP contribution >= 0.6 is 0 Å². The summed E-state index contributed by atoms with van der Waals surface area (Å²) in [5, 5.41) is 3.39. The summed E-state index contributed by atoms with van der Waals surface area (Å²) in [7, 11) is 0. The van der Waals surface area contributed by atoms with E-state index in [1.165, 1.54) is 11.1 Å². The fraction of sp³-hybridized carbons (Fsp3) is 0.353. The van der Waals surface area contributed by atoms with E-state index in [9.17, 15) is 0 Å². The van der Waals surface area contributed by atoms with Crippen molar-refractivity contribution in [3.05, 3.63) is 53.3 Å². The van der Waals surface area contributed by atoms with E-state index in [-0.39, 0.29) is 0 Å². The number of benzene rings is 1. The second-order valence-corrected chi connectivity index (χ2v) is 5.44. The van der Waals surface area contributed by atoms with Crippen molar-refractivity contribution in [2.24, 2.45) is 0 Å². The monoisotopic (exact) mass is 270 g/mol. The summed E-state index contributed by atoms with van der Waals surface area (Å²) in [5.74, 6) is 1.73. The molecule has 0 unspecified atom stereocenters. The summed E-state index contributed by atoms with van der Waals surface area (Å²) in [4.78, 5) is 4.18. The molecule has 1 N–H and O–H groups in total. The molecule has 0 radical (unpaired) electrons. The first-order chi connectivity index (χ1) is 9.54. The number of hydrogen-bond acceptors (Lipinski definition) is 3. The summed E-state index contributed by atoms with van der Waals surface area (Å²) in [6.45, 7) is 9.16. The van der Waals surface area contributed by atoms with Crippen LogP contribution in [0.3, 0.4) is 0 Å². The van der Waals surface area contributed by atoms with Crippen LogP contribution in [0.4, 0.5) is 0 Å². The minimum atomic E-state index is 0.435. The van der Waals surface area contributed by atoms with Crippen molar-refractivity contribution in [2.45, 2.75) is 40.3 Å². The minimum Gasteiger partial charge on any atom is -0.457 e. The van der Waals surface area contributed by atoms with E-state index in [1.54, 1.807) is 6.20 Å². The average molecular weight is 270 g/mol. The Bertz CT molecular complexity index is 559. The molecule has 1 heterocycles. The van der Waals surface area contributed by atoms with Gasteiger partial charge >= 0.3 is 0 Å². The fourth-order valence-electron chi connectivity index (χ4n) is 2.08. The zero-order valence-corrected chi connectivity index (χ0v) is 12.6. The normalized spacial score (nSPS) is 10.8. The van der Waals surface area contributed by atoms with Crippen LogP contribution in [0.2, 0.25) is 0 Å². The standard InChI is InChI=1S/C17H22N2O/c1-12(2)19-11-15-10-18-6-5-17(15)20-16-8-13(3)7-14(4)9-16/h5-10,12,19H,11H2,1-4H3. The topological polar surface area (TPSA) is 34.1 Å². The van der Waals surface area contributed by atoms with Gasteiger partial charge in [-0.1, -0.05) is 19.9 Å². The summed E-state index contributed by atoms with van der Waals surface area (Å²) in [5.41, 5.74) is 3.48. The maximum atomic E-state index is 6.02. The van der Waals surface area contributed by atoms with E-state index >= 15 is 0 Å². The molecule has 20 heavy (non-hydrogen) atoms. The zero-order valence-electron chi connectivity index (χ0n) is 12.6. The Balaban J connectivity index is 2.20. The molecule has 0 saturated heterocycles. The molecule has 3 heteroatoms. The molecule has 0 aliphatic carbocycles. The average Bonchev–Trinajstić information content (AvgIpc) is 2.36. The summed E-state index contributed by atoms with van der Waals surface area (Å²) >= 11 is 0. The largest absolute Gasteiger partial charge is 0.457 e. The van der Waals surface area contributed by atoms with Crippen molar-refractivity contribution in [1.82, 2.24) is 10.3 Å². The van der Waals surface area contributed by atoms with Crippen molar-refractivity contribution >= 4 is 0 Å². The number of rotatable bonds is 5. The van der Waals surface area contributed by atoms with Gasteiger partial charge in [0.05, 0.1) is 0 Å². The first kappa shape index (κ1) is 14.5. The van der Waals surface area contributed by atoms with Crippen LogP contribution in [0.5, 0.6) is 11.5 Å². The SMILES string of the molecule is Cc1cc(C)cc(Oc2ccncc2CNC(C)C)c1. The second kappa shape index (κ2) is 6.53. The Morgan fingerprint density at radius 1 is 1.15 bits per heavy atom. The molecule has 0 aliphatic heterocycles. The lowest BCUT2D eigenvalue weighted by Gasteiger charge is -2.13. The third-order valence-electron chi connectivity index (χ3n) is 2.98. The lowest BCUT2D eigenvalue weighted by molar-refractivity contribution is 0.467. The van der Waals surface area contributed by atoms with Crippen molar-refractivity contribution < 1.29 is 4.74 Å². The third kappa shape index (κ3) is 4.07. The number of aromatic nitrogens is 1. The molecule has 0 saturated carbocycles. The van der Waals surface area contributed by atoms with Gasteiger partial charge in [0, 0.05) is 30.5 Å². The molecule has 0 spiro atoms. The molecular weight excluding hydrogens is 248 g/mol. The van der Waals surface area contributed by atoms with E-state index in [4.69, 9.17) is 4.74 Å². The van der Waals surface area contributed by atoms with Crippen LogP contribution < -0.4 is 10.1 Å². The lowest BCUT2D eigenvalue weighted by Crippen LogP contribution is -2.22. The lowest BCUT2D eigenvalue weighted by atomic mass is 10.1. The molecule has 1 aromatic carbocycles. The highest BCUT2D eigenvalue weighted by Gasteiger charge is 2.06. The van der Waals surface area contributed by atoms with Crippen LogP contribution in [-0.4, -0.2) is 11.0 Å². The van der Waals surface area contributed by atoms with Gasteiger partial charge in [-0.2, -0.15) is 0 Å². The van der Waals surface area contributed by atoms with Crippen LogP contribution in [0.15, 0.2) is 36.7 Å². The van der Waals surface area contributed by atoms with Gasteiger partial charge in [0.2, 0.25) is 0 Å². The molecule has 106 valence electrons. The number of ether oxygens (including phenoxy) is 1. The van der Waals surface area contributed by atoms with E-state index < -0.39 is 0 Å². The summed E-state index contributed by atoms with van der Waals surface area (Å²) in [6.07, 6.45) is 3.62. The van der Waals surface area contributed by atoms with E-state index in [0.29, 0.717) is 6.04 Å². The Labute approximate surface area is 121 Å². The minimum absolute atomic E-state index is 0.435. The van der Waals surface area contributed by atoms with Crippen molar-refractivity contribution in [2.75, 3.05) is 0 Å². The first-order valence-electron chi connectivity index (χ1n) is 6.97. The maximum absolute atomic E-state index is 6.02. The fourth-order valence-corrected chi connectivity index (χ4v) is 2.08. The molecule has 0 aliphatic rings. The third-order valence-corrected chi connectivity index (χ3v) is 2.98. The summed E-state index contributed by atoms with van der Waals surface area (Å²) in [6, 6.07) is 8.58. The van der Waals surface area contributed by atoms with Crippen LogP contribution in [0.25, 0.3) is 0 Å². The van der Waals surface area contributed by atoms with E-state index in [0.717, 1.165) is 23.6 Å².